The Kier molecular flexibility index (Phi) is 9.99. The minimum Gasteiger partial charge on any atom is -0.357 e. The summed E-state index contributed by atoms with van der Waals surface area (Å²) in [5, 5.41) is 6.49. The van der Waals surface area contributed by atoms with Crippen LogP contribution in [0.5, 0.6) is 0 Å². The van der Waals surface area contributed by atoms with E-state index in [0.717, 1.165) is 51.4 Å². The second-order valence-corrected chi connectivity index (χ2v) is 4.90. The first-order valence-electron chi connectivity index (χ1n) is 6.96. The molecule has 5 nitrogen and oxygen atoms in total. The summed E-state index contributed by atoms with van der Waals surface area (Å²) in [5.74, 6) is 1.16. The number of carbonyl (C=O) groups is 1. The van der Waals surface area contributed by atoms with E-state index in [1.165, 1.54) is 0 Å². The van der Waals surface area contributed by atoms with Crippen molar-refractivity contribution in [1.82, 2.24) is 15.5 Å². The van der Waals surface area contributed by atoms with Gasteiger partial charge in [0, 0.05) is 38.6 Å². The van der Waals surface area contributed by atoms with E-state index in [1.54, 1.807) is 0 Å². The van der Waals surface area contributed by atoms with Crippen molar-refractivity contribution in [2.45, 2.75) is 46.1 Å². The first-order valence-corrected chi connectivity index (χ1v) is 6.96. The third kappa shape index (κ3) is 7.59. The maximum absolute atomic E-state index is 11.4. The molecule has 0 radical (unpaired) electrons. The van der Waals surface area contributed by atoms with Crippen molar-refractivity contribution in [3.05, 3.63) is 0 Å². The summed E-state index contributed by atoms with van der Waals surface area (Å²) in [6.45, 7) is 9.62. The van der Waals surface area contributed by atoms with Gasteiger partial charge in [0.05, 0.1) is 0 Å². The molecule has 112 valence electrons. The summed E-state index contributed by atoms with van der Waals surface area (Å²) in [6.07, 6.45) is 2.67. The lowest BCUT2D eigenvalue weighted by Gasteiger charge is -2.16. The van der Waals surface area contributed by atoms with Crippen molar-refractivity contribution in [1.29, 1.82) is 0 Å². The molecule has 19 heavy (non-hydrogen) atoms. The second kappa shape index (κ2) is 10.3. The molecule has 0 saturated carbocycles. The van der Waals surface area contributed by atoms with E-state index in [2.05, 4.69) is 36.4 Å². The van der Waals surface area contributed by atoms with E-state index >= 15 is 0 Å². The fourth-order valence-electron chi connectivity index (χ4n) is 1.99. The highest BCUT2D eigenvalue weighted by Crippen LogP contribution is 2.09. The number of nitrogens with one attached hydrogen (secondary N) is 2. The highest BCUT2D eigenvalue weighted by atomic mass is 127. The molecule has 0 aromatic heterocycles. The smallest absolute Gasteiger partial charge is 0.222 e. The number of carbonyl (C=O) groups excluding carboxylic acids is 1. The molecule has 1 saturated heterocycles. The Morgan fingerprint density at radius 1 is 1.47 bits per heavy atom. The molecule has 0 aromatic rings. The molecule has 0 atom stereocenters. The Labute approximate surface area is 133 Å². The van der Waals surface area contributed by atoms with E-state index in [4.69, 9.17) is 0 Å². The van der Waals surface area contributed by atoms with Gasteiger partial charge in [-0.2, -0.15) is 0 Å². The number of nitrogens with zero attached hydrogens (tertiary/aromatic N) is 2. The van der Waals surface area contributed by atoms with Crippen LogP contribution in [0.1, 0.15) is 40.0 Å². The number of hydrogen-bond acceptors (Lipinski definition) is 2. The van der Waals surface area contributed by atoms with E-state index in [1.807, 2.05) is 4.90 Å². The first-order chi connectivity index (χ1) is 8.63. The Morgan fingerprint density at radius 3 is 2.74 bits per heavy atom. The van der Waals surface area contributed by atoms with E-state index < -0.39 is 0 Å². The van der Waals surface area contributed by atoms with Crippen LogP contribution in [0.4, 0.5) is 0 Å². The van der Waals surface area contributed by atoms with Crippen molar-refractivity contribution in [3.63, 3.8) is 0 Å². The van der Waals surface area contributed by atoms with Gasteiger partial charge in [0.1, 0.15) is 0 Å². The van der Waals surface area contributed by atoms with Gasteiger partial charge in [0.25, 0.3) is 0 Å². The van der Waals surface area contributed by atoms with E-state index in [-0.39, 0.29) is 24.0 Å². The monoisotopic (exact) mass is 382 g/mol. The van der Waals surface area contributed by atoms with Crippen LogP contribution >= 0.6 is 24.0 Å². The van der Waals surface area contributed by atoms with Gasteiger partial charge in [0.2, 0.25) is 5.91 Å². The molecule has 6 heteroatoms. The molecule has 1 rings (SSSR count). The Bertz CT molecular complexity index is 294. The number of hydrogen-bond donors (Lipinski definition) is 2. The van der Waals surface area contributed by atoms with Crippen molar-refractivity contribution in [2.24, 2.45) is 4.99 Å². The van der Waals surface area contributed by atoms with Crippen LogP contribution in [0.15, 0.2) is 4.99 Å². The first kappa shape index (κ1) is 18.5. The summed E-state index contributed by atoms with van der Waals surface area (Å²) in [7, 11) is 0. The molecule has 2 N–H and O–H groups in total. The predicted octanol–water partition coefficient (Wildman–Crippen LogP) is 1.58. The SMILES string of the molecule is CCNC(=NCCCN1CCCC1=O)NC(C)C.I. The maximum Gasteiger partial charge on any atom is 0.222 e. The van der Waals surface area contributed by atoms with Gasteiger partial charge >= 0.3 is 0 Å². The van der Waals surface area contributed by atoms with E-state index in [9.17, 15) is 4.79 Å². The molecule has 1 heterocycles. The zero-order valence-corrected chi connectivity index (χ0v) is 14.6. The average Bonchev–Trinajstić information content (AvgIpc) is 2.70. The van der Waals surface area contributed by atoms with Gasteiger partial charge in [-0.15, -0.1) is 24.0 Å². The van der Waals surface area contributed by atoms with Gasteiger partial charge in [-0.1, -0.05) is 0 Å². The molecule has 0 aliphatic carbocycles. The predicted molar refractivity (Wildman–Crippen MR) is 90.1 cm³/mol. The molecule has 0 unspecified atom stereocenters. The van der Waals surface area contributed by atoms with Gasteiger partial charge in [-0.05, 0) is 33.6 Å². The molecule has 1 aliphatic heterocycles. The molecule has 0 spiro atoms. The summed E-state index contributed by atoms with van der Waals surface area (Å²) >= 11 is 0. The molecule has 1 fully saturated rings. The number of halogens is 1. The van der Waals surface area contributed by atoms with Gasteiger partial charge in [-0.3, -0.25) is 9.79 Å². The maximum atomic E-state index is 11.4. The van der Waals surface area contributed by atoms with Crippen LogP contribution in [-0.4, -0.2) is 49.0 Å². The number of likely N-dealkylation sites (tertiary alicyclic amines) is 1. The number of amides is 1. The van der Waals surface area contributed by atoms with Crippen molar-refractivity contribution in [3.8, 4) is 0 Å². The van der Waals surface area contributed by atoms with Crippen LogP contribution in [0.2, 0.25) is 0 Å². The fraction of sp³-hybridized carbons (Fsp3) is 0.846. The second-order valence-electron chi connectivity index (χ2n) is 4.90. The summed E-state index contributed by atoms with van der Waals surface area (Å²) in [5.41, 5.74) is 0. The van der Waals surface area contributed by atoms with Crippen LogP contribution < -0.4 is 10.6 Å². The number of aliphatic imine (C=N–C) groups is 1. The largest absolute Gasteiger partial charge is 0.357 e. The van der Waals surface area contributed by atoms with E-state index in [0.29, 0.717) is 11.9 Å². The molecular weight excluding hydrogens is 355 g/mol. The van der Waals surface area contributed by atoms with Gasteiger partial charge < -0.3 is 15.5 Å². The third-order valence-electron chi connectivity index (χ3n) is 2.80. The normalized spacial score (nSPS) is 15.7. The molecule has 1 amide bonds. The van der Waals surface area contributed by atoms with Crippen molar-refractivity contribution < 1.29 is 4.79 Å². The number of guanidine groups is 1. The molecule has 0 bridgehead atoms. The highest BCUT2D eigenvalue weighted by Gasteiger charge is 2.18. The van der Waals surface area contributed by atoms with Gasteiger partial charge in [-0.25, -0.2) is 0 Å². The van der Waals surface area contributed by atoms with Crippen molar-refractivity contribution in [2.75, 3.05) is 26.2 Å². The minimum atomic E-state index is 0. The summed E-state index contributed by atoms with van der Waals surface area (Å²) < 4.78 is 0. The average molecular weight is 382 g/mol. The van der Waals surface area contributed by atoms with Crippen LogP contribution in [-0.2, 0) is 4.79 Å². The third-order valence-corrected chi connectivity index (χ3v) is 2.80. The summed E-state index contributed by atoms with van der Waals surface area (Å²) in [4.78, 5) is 17.9. The minimum absolute atomic E-state index is 0. The van der Waals surface area contributed by atoms with Crippen LogP contribution in [0.25, 0.3) is 0 Å². The molecular formula is C13H27IN4O. The van der Waals surface area contributed by atoms with Crippen LogP contribution in [0, 0.1) is 0 Å². The van der Waals surface area contributed by atoms with Crippen LogP contribution in [0.3, 0.4) is 0 Å². The Morgan fingerprint density at radius 2 is 2.21 bits per heavy atom. The quantitative estimate of drug-likeness (QED) is 0.318. The fourth-order valence-corrected chi connectivity index (χ4v) is 1.99. The van der Waals surface area contributed by atoms with Crippen molar-refractivity contribution >= 4 is 35.8 Å². The zero-order chi connectivity index (χ0) is 13.4. The van der Waals surface area contributed by atoms with Gasteiger partial charge in [0.15, 0.2) is 5.96 Å². The standard InChI is InChI=1S/C13H26N4O.HI/c1-4-14-13(16-11(2)3)15-8-6-10-17-9-5-7-12(17)18;/h11H,4-10H2,1-3H3,(H2,14,15,16);1H. The lowest BCUT2D eigenvalue weighted by atomic mass is 10.4. The lowest BCUT2D eigenvalue weighted by molar-refractivity contribution is -0.127. The highest BCUT2D eigenvalue weighted by molar-refractivity contribution is 14.0. The topological polar surface area (TPSA) is 56.7 Å². The Balaban J connectivity index is 0.00000324. The molecule has 0 aromatic carbocycles. The lowest BCUT2D eigenvalue weighted by Crippen LogP contribution is -2.41. The zero-order valence-electron chi connectivity index (χ0n) is 12.2. The Hall–Kier alpha value is -0.530. The number of rotatable bonds is 6. The molecule has 1 aliphatic rings. The summed E-state index contributed by atoms with van der Waals surface area (Å²) in [6, 6.07) is 0.378.